The van der Waals surface area contributed by atoms with Crippen molar-refractivity contribution in [2.24, 2.45) is 5.92 Å². The van der Waals surface area contributed by atoms with Gasteiger partial charge in [0.2, 0.25) is 0 Å². The highest BCUT2D eigenvalue weighted by Crippen LogP contribution is 2.19. The molecule has 2 rings (SSSR count). The Hall–Kier alpha value is -1.35. The summed E-state index contributed by atoms with van der Waals surface area (Å²) >= 11 is 0. The van der Waals surface area contributed by atoms with Crippen LogP contribution in [0.25, 0.3) is 0 Å². The van der Waals surface area contributed by atoms with Crippen LogP contribution in [0, 0.1) is 5.92 Å². The number of carboxylic acid groups (broad SMARTS) is 1. The van der Waals surface area contributed by atoms with E-state index in [4.69, 9.17) is 9.84 Å². The lowest BCUT2D eigenvalue weighted by Gasteiger charge is -2.08. The minimum absolute atomic E-state index is 0.106. The number of carbonyl (C=O) groups is 1. The number of aliphatic carboxylic acids is 1. The third-order valence-corrected chi connectivity index (χ3v) is 2.90. The van der Waals surface area contributed by atoms with Crippen LogP contribution in [-0.4, -0.2) is 24.3 Å². The topological polar surface area (TPSA) is 46.5 Å². The molecule has 0 bridgehead atoms. The number of carboxylic acids is 1. The maximum absolute atomic E-state index is 10.6. The second-order valence-corrected chi connectivity index (χ2v) is 4.32. The Morgan fingerprint density at radius 2 is 2.25 bits per heavy atom. The van der Waals surface area contributed by atoms with E-state index < -0.39 is 5.97 Å². The smallest absolute Gasteiger partial charge is 0.307 e. The Labute approximate surface area is 95.0 Å². The fourth-order valence-electron chi connectivity index (χ4n) is 2.12. The van der Waals surface area contributed by atoms with E-state index in [0.717, 1.165) is 31.6 Å². The van der Waals surface area contributed by atoms with E-state index in [2.05, 4.69) is 6.07 Å². The molecule has 1 saturated heterocycles. The molecule has 0 aromatic heterocycles. The molecule has 0 aliphatic carbocycles. The molecular weight excluding hydrogens is 204 g/mol. The quantitative estimate of drug-likeness (QED) is 0.842. The predicted molar refractivity (Wildman–Crippen MR) is 60.4 cm³/mol. The molecule has 3 heteroatoms. The van der Waals surface area contributed by atoms with Gasteiger partial charge in [0, 0.05) is 13.2 Å². The van der Waals surface area contributed by atoms with Crippen LogP contribution >= 0.6 is 0 Å². The summed E-state index contributed by atoms with van der Waals surface area (Å²) in [6.07, 6.45) is 2.21. The summed E-state index contributed by atoms with van der Waals surface area (Å²) < 4.78 is 5.33. The Bertz CT molecular complexity index is 367. The van der Waals surface area contributed by atoms with Crippen molar-refractivity contribution in [3.8, 4) is 0 Å². The van der Waals surface area contributed by atoms with Gasteiger partial charge in [0.25, 0.3) is 0 Å². The molecule has 0 radical (unpaired) electrons. The van der Waals surface area contributed by atoms with Gasteiger partial charge in [-0.1, -0.05) is 24.3 Å². The molecule has 1 heterocycles. The minimum atomic E-state index is -0.777. The molecule has 1 N–H and O–H groups in total. The summed E-state index contributed by atoms with van der Waals surface area (Å²) in [6.45, 7) is 1.70. The van der Waals surface area contributed by atoms with E-state index in [1.807, 2.05) is 18.2 Å². The molecule has 16 heavy (non-hydrogen) atoms. The summed E-state index contributed by atoms with van der Waals surface area (Å²) in [7, 11) is 0. The predicted octanol–water partition coefficient (Wildman–Crippen LogP) is 1.89. The average molecular weight is 220 g/mol. The van der Waals surface area contributed by atoms with Gasteiger partial charge in [0.15, 0.2) is 0 Å². The molecule has 0 spiro atoms. The van der Waals surface area contributed by atoms with Gasteiger partial charge in [0.05, 0.1) is 6.42 Å². The Balaban J connectivity index is 2.00. The van der Waals surface area contributed by atoms with Crippen LogP contribution in [0.2, 0.25) is 0 Å². The second kappa shape index (κ2) is 5.12. The van der Waals surface area contributed by atoms with Crippen molar-refractivity contribution < 1.29 is 14.6 Å². The Kier molecular flexibility index (Phi) is 3.57. The molecule has 0 saturated carbocycles. The molecule has 1 aromatic rings. The van der Waals surface area contributed by atoms with E-state index >= 15 is 0 Å². The van der Waals surface area contributed by atoms with Gasteiger partial charge < -0.3 is 9.84 Å². The van der Waals surface area contributed by atoms with Gasteiger partial charge >= 0.3 is 5.97 Å². The van der Waals surface area contributed by atoms with E-state index in [0.29, 0.717) is 5.92 Å². The molecule has 0 amide bonds. The van der Waals surface area contributed by atoms with Gasteiger partial charge in [-0.05, 0) is 29.9 Å². The van der Waals surface area contributed by atoms with E-state index in [9.17, 15) is 4.79 Å². The number of rotatable bonds is 4. The number of hydrogen-bond donors (Lipinski definition) is 1. The standard InChI is InChI=1S/C13H16O3/c14-13(15)8-11-3-1-2-10(6-11)7-12-4-5-16-9-12/h1-3,6,12H,4-5,7-9H2,(H,14,15). The highest BCUT2D eigenvalue weighted by molar-refractivity contribution is 5.70. The van der Waals surface area contributed by atoms with Gasteiger partial charge in [-0.2, -0.15) is 0 Å². The fourth-order valence-corrected chi connectivity index (χ4v) is 2.12. The zero-order valence-electron chi connectivity index (χ0n) is 9.19. The SMILES string of the molecule is O=C(O)Cc1cccc(CC2CCOC2)c1. The van der Waals surface area contributed by atoms with Crippen LogP contribution in [0.3, 0.4) is 0 Å². The van der Waals surface area contributed by atoms with Crippen molar-refractivity contribution in [2.75, 3.05) is 13.2 Å². The first kappa shape index (κ1) is 11.1. The maximum Gasteiger partial charge on any atom is 0.307 e. The van der Waals surface area contributed by atoms with Crippen molar-refractivity contribution in [2.45, 2.75) is 19.3 Å². The van der Waals surface area contributed by atoms with Crippen LogP contribution in [0.1, 0.15) is 17.5 Å². The maximum atomic E-state index is 10.6. The number of ether oxygens (including phenoxy) is 1. The molecule has 3 nitrogen and oxygen atoms in total. The zero-order valence-corrected chi connectivity index (χ0v) is 9.19. The van der Waals surface area contributed by atoms with Crippen LogP contribution in [-0.2, 0) is 22.4 Å². The van der Waals surface area contributed by atoms with E-state index in [1.165, 1.54) is 5.56 Å². The molecule has 1 fully saturated rings. The third-order valence-electron chi connectivity index (χ3n) is 2.90. The first-order chi connectivity index (χ1) is 7.74. The highest BCUT2D eigenvalue weighted by Gasteiger charge is 2.16. The Morgan fingerprint density at radius 3 is 2.94 bits per heavy atom. The summed E-state index contributed by atoms with van der Waals surface area (Å²) in [4.78, 5) is 10.6. The van der Waals surface area contributed by atoms with Crippen molar-refractivity contribution in [1.82, 2.24) is 0 Å². The Morgan fingerprint density at radius 1 is 1.44 bits per heavy atom. The lowest BCUT2D eigenvalue weighted by Crippen LogP contribution is -2.05. The molecule has 1 aliphatic rings. The van der Waals surface area contributed by atoms with Crippen LogP contribution in [0.4, 0.5) is 0 Å². The van der Waals surface area contributed by atoms with Crippen LogP contribution in [0.5, 0.6) is 0 Å². The molecule has 1 aromatic carbocycles. The summed E-state index contributed by atoms with van der Waals surface area (Å²) in [5.74, 6) is -0.179. The van der Waals surface area contributed by atoms with Crippen molar-refractivity contribution in [3.05, 3.63) is 35.4 Å². The second-order valence-electron chi connectivity index (χ2n) is 4.32. The van der Waals surface area contributed by atoms with Crippen LogP contribution < -0.4 is 0 Å². The molecule has 86 valence electrons. The summed E-state index contributed by atoms with van der Waals surface area (Å²) in [5, 5.41) is 8.72. The molecule has 1 unspecified atom stereocenters. The first-order valence-corrected chi connectivity index (χ1v) is 5.61. The average Bonchev–Trinajstić information content (AvgIpc) is 2.70. The minimum Gasteiger partial charge on any atom is -0.481 e. The van der Waals surface area contributed by atoms with Gasteiger partial charge in [-0.15, -0.1) is 0 Å². The largest absolute Gasteiger partial charge is 0.481 e. The lowest BCUT2D eigenvalue weighted by molar-refractivity contribution is -0.136. The van der Waals surface area contributed by atoms with Gasteiger partial charge in [-0.25, -0.2) is 0 Å². The highest BCUT2D eigenvalue weighted by atomic mass is 16.5. The lowest BCUT2D eigenvalue weighted by atomic mass is 9.97. The first-order valence-electron chi connectivity index (χ1n) is 5.61. The zero-order chi connectivity index (χ0) is 11.4. The van der Waals surface area contributed by atoms with Crippen molar-refractivity contribution in [1.29, 1.82) is 0 Å². The number of benzene rings is 1. The number of hydrogen-bond acceptors (Lipinski definition) is 2. The van der Waals surface area contributed by atoms with Gasteiger partial charge in [-0.3, -0.25) is 4.79 Å². The molecular formula is C13H16O3. The molecule has 1 aliphatic heterocycles. The summed E-state index contributed by atoms with van der Waals surface area (Å²) in [5.41, 5.74) is 2.10. The van der Waals surface area contributed by atoms with Crippen LogP contribution in [0.15, 0.2) is 24.3 Å². The van der Waals surface area contributed by atoms with E-state index in [-0.39, 0.29) is 6.42 Å². The fraction of sp³-hybridized carbons (Fsp3) is 0.462. The van der Waals surface area contributed by atoms with Gasteiger partial charge in [0.1, 0.15) is 0 Å². The third kappa shape index (κ3) is 3.07. The normalized spacial score (nSPS) is 19.9. The van der Waals surface area contributed by atoms with E-state index in [1.54, 1.807) is 0 Å². The van der Waals surface area contributed by atoms with Crippen molar-refractivity contribution >= 4 is 5.97 Å². The monoisotopic (exact) mass is 220 g/mol. The van der Waals surface area contributed by atoms with Crippen molar-refractivity contribution in [3.63, 3.8) is 0 Å². The molecule has 1 atom stereocenters. The summed E-state index contributed by atoms with van der Waals surface area (Å²) in [6, 6.07) is 7.85.